The summed E-state index contributed by atoms with van der Waals surface area (Å²) in [5, 5.41) is 13.6. The minimum atomic E-state index is -0.435. The summed E-state index contributed by atoms with van der Waals surface area (Å²) in [5.41, 5.74) is 6.08. The van der Waals surface area contributed by atoms with Gasteiger partial charge in [-0.05, 0) is 25.3 Å². The molecule has 0 aliphatic heterocycles. The molecule has 1 rings (SSSR count). The fourth-order valence-corrected chi connectivity index (χ4v) is 2.24. The van der Waals surface area contributed by atoms with Gasteiger partial charge in [0.25, 0.3) is 5.69 Å². The van der Waals surface area contributed by atoms with E-state index in [2.05, 4.69) is 12.2 Å². The van der Waals surface area contributed by atoms with Crippen LogP contribution in [-0.2, 0) is 11.3 Å². The number of carbonyl (C=O) groups is 1. The van der Waals surface area contributed by atoms with Crippen molar-refractivity contribution in [2.75, 3.05) is 6.54 Å². The van der Waals surface area contributed by atoms with Crippen LogP contribution in [0.5, 0.6) is 0 Å². The molecule has 0 aliphatic carbocycles. The van der Waals surface area contributed by atoms with Crippen molar-refractivity contribution in [3.63, 3.8) is 0 Å². The Morgan fingerprint density at radius 1 is 1.38 bits per heavy atom. The van der Waals surface area contributed by atoms with Crippen molar-refractivity contribution in [1.82, 2.24) is 5.32 Å². The molecule has 0 bridgehead atoms. The molecule has 0 spiro atoms. The van der Waals surface area contributed by atoms with Gasteiger partial charge in [-0.3, -0.25) is 14.9 Å². The van der Waals surface area contributed by atoms with E-state index >= 15 is 0 Å². The molecule has 1 unspecified atom stereocenters. The normalized spacial score (nSPS) is 11.9. The van der Waals surface area contributed by atoms with Gasteiger partial charge in [0.05, 0.1) is 4.92 Å². The first-order valence-corrected chi connectivity index (χ1v) is 7.27. The SMILES string of the molecule is CCC(CCN)CCC(=O)NCc1ccccc1[N+](=O)[O-]. The topological polar surface area (TPSA) is 98.3 Å². The monoisotopic (exact) mass is 293 g/mol. The summed E-state index contributed by atoms with van der Waals surface area (Å²) in [7, 11) is 0. The molecule has 1 aromatic rings. The van der Waals surface area contributed by atoms with Gasteiger partial charge in [0, 0.05) is 24.6 Å². The highest BCUT2D eigenvalue weighted by Gasteiger charge is 2.13. The van der Waals surface area contributed by atoms with Gasteiger partial charge in [-0.15, -0.1) is 0 Å². The Hall–Kier alpha value is -1.95. The molecule has 0 saturated carbocycles. The highest BCUT2D eigenvalue weighted by Crippen LogP contribution is 2.18. The maximum absolute atomic E-state index is 11.8. The number of rotatable bonds is 9. The lowest BCUT2D eigenvalue weighted by Gasteiger charge is -2.13. The van der Waals surface area contributed by atoms with Crippen molar-refractivity contribution in [3.05, 3.63) is 39.9 Å². The summed E-state index contributed by atoms with van der Waals surface area (Å²) in [6.07, 6.45) is 3.16. The predicted octanol–water partition coefficient (Wildman–Crippen LogP) is 2.37. The zero-order valence-corrected chi connectivity index (χ0v) is 12.4. The van der Waals surface area contributed by atoms with Crippen molar-refractivity contribution in [2.45, 2.75) is 39.2 Å². The number of amides is 1. The van der Waals surface area contributed by atoms with Crippen LogP contribution in [0.3, 0.4) is 0 Å². The maximum atomic E-state index is 11.8. The van der Waals surface area contributed by atoms with Gasteiger partial charge in [-0.1, -0.05) is 31.5 Å². The molecular weight excluding hydrogens is 270 g/mol. The number of nitro groups is 1. The quantitative estimate of drug-likeness (QED) is 0.539. The first-order chi connectivity index (χ1) is 10.1. The van der Waals surface area contributed by atoms with Gasteiger partial charge in [0.2, 0.25) is 5.91 Å². The molecule has 21 heavy (non-hydrogen) atoms. The lowest BCUT2D eigenvalue weighted by molar-refractivity contribution is -0.385. The summed E-state index contributed by atoms with van der Waals surface area (Å²) in [4.78, 5) is 22.2. The molecule has 0 aliphatic rings. The molecule has 1 atom stereocenters. The number of hydrogen-bond donors (Lipinski definition) is 2. The van der Waals surface area contributed by atoms with Crippen molar-refractivity contribution in [3.8, 4) is 0 Å². The van der Waals surface area contributed by atoms with Gasteiger partial charge in [0.15, 0.2) is 0 Å². The average molecular weight is 293 g/mol. The molecule has 6 nitrogen and oxygen atoms in total. The van der Waals surface area contributed by atoms with Crippen LogP contribution >= 0.6 is 0 Å². The summed E-state index contributed by atoms with van der Waals surface area (Å²) in [6.45, 7) is 2.91. The highest BCUT2D eigenvalue weighted by atomic mass is 16.6. The molecule has 116 valence electrons. The molecule has 0 saturated heterocycles. The third-order valence-electron chi connectivity index (χ3n) is 3.60. The number of carbonyl (C=O) groups excluding carboxylic acids is 1. The molecule has 1 amide bonds. The van der Waals surface area contributed by atoms with Gasteiger partial charge in [-0.25, -0.2) is 0 Å². The molecule has 0 aromatic heterocycles. The lowest BCUT2D eigenvalue weighted by Crippen LogP contribution is -2.24. The average Bonchev–Trinajstić information content (AvgIpc) is 2.49. The van der Waals surface area contributed by atoms with Crippen LogP contribution in [0.2, 0.25) is 0 Å². The first-order valence-electron chi connectivity index (χ1n) is 7.27. The fraction of sp³-hybridized carbons (Fsp3) is 0.533. The third kappa shape index (κ3) is 5.91. The second-order valence-electron chi connectivity index (χ2n) is 5.05. The molecule has 0 fully saturated rings. The number of nitro benzene ring substituents is 1. The van der Waals surface area contributed by atoms with Gasteiger partial charge < -0.3 is 11.1 Å². The van der Waals surface area contributed by atoms with Gasteiger partial charge >= 0.3 is 0 Å². The van der Waals surface area contributed by atoms with E-state index in [4.69, 9.17) is 5.73 Å². The number of para-hydroxylation sites is 1. The number of nitrogens with one attached hydrogen (secondary N) is 1. The Morgan fingerprint density at radius 2 is 2.10 bits per heavy atom. The predicted molar refractivity (Wildman–Crippen MR) is 81.6 cm³/mol. The minimum absolute atomic E-state index is 0.0346. The van der Waals surface area contributed by atoms with Crippen LogP contribution < -0.4 is 11.1 Å². The Kier molecular flexibility index (Phi) is 7.39. The largest absolute Gasteiger partial charge is 0.352 e. The standard InChI is InChI=1S/C15H23N3O3/c1-2-12(9-10-16)7-8-15(19)17-11-13-5-3-4-6-14(13)18(20)21/h3-6,12H,2,7-11,16H2,1H3,(H,17,19). The Bertz CT molecular complexity index is 477. The Labute approximate surface area is 124 Å². The van der Waals surface area contributed by atoms with Crippen LogP contribution in [0.4, 0.5) is 5.69 Å². The van der Waals surface area contributed by atoms with Crippen molar-refractivity contribution in [2.24, 2.45) is 11.7 Å². The van der Waals surface area contributed by atoms with Crippen molar-refractivity contribution < 1.29 is 9.72 Å². The second kappa shape index (κ2) is 9.07. The van der Waals surface area contributed by atoms with E-state index < -0.39 is 4.92 Å². The van der Waals surface area contributed by atoms with E-state index in [-0.39, 0.29) is 18.1 Å². The van der Waals surface area contributed by atoms with Gasteiger partial charge in [-0.2, -0.15) is 0 Å². The summed E-state index contributed by atoms with van der Waals surface area (Å²) in [6, 6.07) is 6.43. The van der Waals surface area contributed by atoms with Crippen LogP contribution in [0.1, 0.15) is 38.2 Å². The summed E-state index contributed by atoms with van der Waals surface area (Å²) in [5.74, 6) is 0.385. The molecule has 0 radical (unpaired) electrons. The van der Waals surface area contributed by atoms with Crippen LogP contribution in [0, 0.1) is 16.0 Å². The molecule has 0 heterocycles. The number of nitrogens with zero attached hydrogens (tertiary/aromatic N) is 1. The van der Waals surface area contributed by atoms with Crippen molar-refractivity contribution >= 4 is 11.6 Å². The van der Waals surface area contributed by atoms with Crippen molar-refractivity contribution in [1.29, 1.82) is 0 Å². The Morgan fingerprint density at radius 3 is 2.71 bits per heavy atom. The minimum Gasteiger partial charge on any atom is -0.352 e. The summed E-state index contributed by atoms with van der Waals surface area (Å²) >= 11 is 0. The Balaban J connectivity index is 2.45. The zero-order chi connectivity index (χ0) is 15.7. The van der Waals surface area contributed by atoms with E-state index in [1.54, 1.807) is 18.2 Å². The second-order valence-corrected chi connectivity index (χ2v) is 5.05. The van der Waals surface area contributed by atoms with Crippen LogP contribution in [-0.4, -0.2) is 17.4 Å². The number of nitrogens with two attached hydrogens (primary N) is 1. The van der Waals surface area contributed by atoms with Crippen LogP contribution in [0.15, 0.2) is 24.3 Å². The maximum Gasteiger partial charge on any atom is 0.274 e. The number of hydrogen-bond acceptors (Lipinski definition) is 4. The lowest BCUT2D eigenvalue weighted by atomic mass is 9.96. The third-order valence-corrected chi connectivity index (χ3v) is 3.60. The fourth-order valence-electron chi connectivity index (χ4n) is 2.24. The van der Waals surface area contributed by atoms with E-state index in [0.29, 0.717) is 24.4 Å². The smallest absolute Gasteiger partial charge is 0.274 e. The highest BCUT2D eigenvalue weighted by molar-refractivity contribution is 5.76. The summed E-state index contributed by atoms with van der Waals surface area (Å²) < 4.78 is 0. The van der Waals surface area contributed by atoms with E-state index in [1.807, 2.05) is 0 Å². The van der Waals surface area contributed by atoms with Crippen LogP contribution in [0.25, 0.3) is 0 Å². The molecule has 3 N–H and O–H groups in total. The van der Waals surface area contributed by atoms with E-state index in [9.17, 15) is 14.9 Å². The van der Waals surface area contributed by atoms with E-state index in [0.717, 1.165) is 19.3 Å². The zero-order valence-electron chi connectivity index (χ0n) is 12.4. The molecule has 6 heteroatoms. The number of benzene rings is 1. The first kappa shape index (κ1) is 17.1. The van der Waals surface area contributed by atoms with Gasteiger partial charge in [0.1, 0.15) is 0 Å². The van der Waals surface area contributed by atoms with E-state index in [1.165, 1.54) is 6.07 Å². The molecular formula is C15H23N3O3. The molecule has 1 aromatic carbocycles.